The number of aliphatic hydroxyl groups is 1. The molecule has 0 saturated heterocycles. The Labute approximate surface area is 113 Å². The van der Waals surface area contributed by atoms with Gasteiger partial charge in [-0.25, -0.2) is 0 Å². The molecule has 1 atom stereocenters. The van der Waals surface area contributed by atoms with E-state index in [2.05, 4.69) is 5.32 Å². The summed E-state index contributed by atoms with van der Waals surface area (Å²) in [4.78, 5) is 24.5. The van der Waals surface area contributed by atoms with E-state index in [0.29, 0.717) is 12.3 Å². The zero-order valence-corrected chi connectivity index (χ0v) is 12.3. The van der Waals surface area contributed by atoms with Crippen LogP contribution in [0.2, 0.25) is 0 Å². The number of nitrogens with zero attached hydrogens (tertiary/aromatic N) is 1. The molecule has 0 rings (SSSR count). The number of carbonyl (C=O) groups excluding carboxylic acids is 2. The third-order valence-corrected chi connectivity index (χ3v) is 3.57. The van der Waals surface area contributed by atoms with Crippen LogP contribution in [0.1, 0.15) is 20.3 Å². The van der Waals surface area contributed by atoms with E-state index in [1.54, 1.807) is 7.05 Å². The van der Waals surface area contributed by atoms with Crippen molar-refractivity contribution in [2.45, 2.75) is 20.3 Å². The zero-order valence-electron chi connectivity index (χ0n) is 11.4. The molecule has 0 aromatic heterocycles. The third-order valence-electron chi connectivity index (χ3n) is 2.32. The molecule has 18 heavy (non-hydrogen) atoms. The van der Waals surface area contributed by atoms with E-state index < -0.39 is 0 Å². The summed E-state index contributed by atoms with van der Waals surface area (Å²) < 4.78 is 0. The van der Waals surface area contributed by atoms with Crippen LogP contribution in [0.25, 0.3) is 0 Å². The number of aliphatic hydroxyl groups excluding tert-OH is 1. The first kappa shape index (κ1) is 17.2. The Morgan fingerprint density at radius 2 is 2.11 bits per heavy atom. The van der Waals surface area contributed by atoms with Gasteiger partial charge >= 0.3 is 0 Å². The number of amides is 2. The van der Waals surface area contributed by atoms with E-state index in [-0.39, 0.29) is 30.9 Å². The van der Waals surface area contributed by atoms with Gasteiger partial charge in [0.1, 0.15) is 0 Å². The molecular formula is C12H24N2O3S. The highest BCUT2D eigenvalue weighted by Crippen LogP contribution is 2.08. The van der Waals surface area contributed by atoms with Crippen LogP contribution in [0.4, 0.5) is 0 Å². The lowest BCUT2D eigenvalue weighted by atomic mass is 10.2. The van der Waals surface area contributed by atoms with E-state index >= 15 is 0 Å². The summed E-state index contributed by atoms with van der Waals surface area (Å²) in [6.07, 6.45) is 0.887. The minimum atomic E-state index is -0.124. The van der Waals surface area contributed by atoms with Crippen molar-refractivity contribution in [2.75, 3.05) is 38.2 Å². The zero-order chi connectivity index (χ0) is 14.0. The molecule has 106 valence electrons. The molecule has 0 heterocycles. The summed E-state index contributed by atoms with van der Waals surface area (Å²) >= 11 is 1.48. The van der Waals surface area contributed by atoms with Gasteiger partial charge in [-0.1, -0.05) is 13.8 Å². The first-order valence-corrected chi connectivity index (χ1v) is 7.36. The highest BCUT2D eigenvalue weighted by atomic mass is 32.2. The topological polar surface area (TPSA) is 69.6 Å². The number of hydrogen-bond donors (Lipinski definition) is 2. The molecule has 5 nitrogen and oxygen atoms in total. The van der Waals surface area contributed by atoms with Crippen LogP contribution >= 0.6 is 11.8 Å². The Morgan fingerprint density at radius 3 is 2.67 bits per heavy atom. The SMILES string of the molecule is CCCNC(=O)CN(C)C(=O)CSCC(C)CO. The molecule has 0 aliphatic heterocycles. The monoisotopic (exact) mass is 276 g/mol. The van der Waals surface area contributed by atoms with Gasteiger partial charge in [0, 0.05) is 20.2 Å². The summed E-state index contributed by atoms with van der Waals surface area (Å²) in [6, 6.07) is 0. The van der Waals surface area contributed by atoms with Crippen LogP contribution in [0, 0.1) is 5.92 Å². The smallest absolute Gasteiger partial charge is 0.239 e. The maximum absolute atomic E-state index is 11.7. The van der Waals surface area contributed by atoms with Gasteiger partial charge in [-0.3, -0.25) is 9.59 Å². The maximum atomic E-state index is 11.7. The lowest BCUT2D eigenvalue weighted by molar-refractivity contribution is -0.132. The number of likely N-dealkylation sites (N-methyl/N-ethyl adjacent to an activating group) is 1. The fraction of sp³-hybridized carbons (Fsp3) is 0.833. The van der Waals surface area contributed by atoms with Crippen LogP contribution in [-0.2, 0) is 9.59 Å². The summed E-state index contributed by atoms with van der Waals surface area (Å²) in [5.74, 6) is 1.11. The van der Waals surface area contributed by atoms with Gasteiger partial charge in [0.25, 0.3) is 0 Å². The maximum Gasteiger partial charge on any atom is 0.239 e. The van der Waals surface area contributed by atoms with Gasteiger partial charge in [-0.05, 0) is 18.1 Å². The Morgan fingerprint density at radius 1 is 1.44 bits per heavy atom. The molecule has 0 aliphatic carbocycles. The van der Waals surface area contributed by atoms with Gasteiger partial charge < -0.3 is 15.3 Å². The molecule has 0 fully saturated rings. The fourth-order valence-corrected chi connectivity index (χ4v) is 2.15. The second-order valence-corrected chi connectivity index (χ2v) is 5.43. The molecule has 0 aromatic carbocycles. The Hall–Kier alpha value is -0.750. The van der Waals surface area contributed by atoms with E-state index in [1.807, 2.05) is 13.8 Å². The average molecular weight is 276 g/mol. The Kier molecular flexibility index (Phi) is 9.77. The van der Waals surface area contributed by atoms with Crippen molar-refractivity contribution in [1.82, 2.24) is 10.2 Å². The summed E-state index contributed by atoms with van der Waals surface area (Å²) in [5, 5.41) is 11.6. The normalized spacial score (nSPS) is 12.0. The predicted molar refractivity (Wildman–Crippen MR) is 74.5 cm³/mol. The lowest BCUT2D eigenvalue weighted by Crippen LogP contribution is -2.39. The molecule has 2 amide bonds. The molecular weight excluding hydrogens is 252 g/mol. The molecule has 1 unspecified atom stereocenters. The number of thioether (sulfide) groups is 1. The van der Waals surface area contributed by atoms with Crippen LogP contribution in [0.5, 0.6) is 0 Å². The van der Waals surface area contributed by atoms with Crippen molar-refractivity contribution >= 4 is 23.6 Å². The van der Waals surface area contributed by atoms with Gasteiger partial charge in [-0.2, -0.15) is 11.8 Å². The molecule has 0 aliphatic rings. The number of hydrogen-bond acceptors (Lipinski definition) is 4. The first-order valence-electron chi connectivity index (χ1n) is 6.20. The van der Waals surface area contributed by atoms with Gasteiger partial charge in [0.05, 0.1) is 12.3 Å². The van der Waals surface area contributed by atoms with Gasteiger partial charge in [0.15, 0.2) is 0 Å². The molecule has 0 aromatic rings. The molecule has 2 N–H and O–H groups in total. The molecule has 0 spiro atoms. The average Bonchev–Trinajstić information content (AvgIpc) is 2.35. The van der Waals surface area contributed by atoms with E-state index in [4.69, 9.17) is 5.11 Å². The van der Waals surface area contributed by atoms with Gasteiger partial charge in [-0.15, -0.1) is 0 Å². The minimum absolute atomic E-state index is 0.0585. The fourth-order valence-electron chi connectivity index (χ4n) is 1.13. The van der Waals surface area contributed by atoms with Crippen molar-refractivity contribution in [1.29, 1.82) is 0 Å². The lowest BCUT2D eigenvalue weighted by Gasteiger charge is -2.17. The highest BCUT2D eigenvalue weighted by Gasteiger charge is 2.12. The molecule has 0 saturated carbocycles. The quantitative estimate of drug-likeness (QED) is 0.637. The van der Waals surface area contributed by atoms with Crippen LogP contribution in [0.15, 0.2) is 0 Å². The van der Waals surface area contributed by atoms with E-state index in [9.17, 15) is 9.59 Å². The van der Waals surface area contributed by atoms with Crippen molar-refractivity contribution in [3.05, 3.63) is 0 Å². The van der Waals surface area contributed by atoms with Crippen LogP contribution in [0.3, 0.4) is 0 Å². The predicted octanol–water partition coefficient (Wildman–Crippen LogP) is 0.333. The number of nitrogens with one attached hydrogen (secondary N) is 1. The largest absolute Gasteiger partial charge is 0.396 e. The van der Waals surface area contributed by atoms with Crippen molar-refractivity contribution in [3.8, 4) is 0 Å². The minimum Gasteiger partial charge on any atom is -0.396 e. The first-order chi connectivity index (χ1) is 8.51. The Balaban J connectivity index is 3.78. The number of carbonyl (C=O) groups is 2. The molecule has 0 bridgehead atoms. The standard InChI is InChI=1S/C12H24N2O3S/c1-4-5-13-11(16)6-14(3)12(17)9-18-8-10(2)7-15/h10,15H,4-9H2,1-3H3,(H,13,16). The molecule has 0 radical (unpaired) electrons. The summed E-state index contributed by atoms with van der Waals surface area (Å²) in [5.41, 5.74) is 0. The van der Waals surface area contributed by atoms with Crippen LogP contribution < -0.4 is 5.32 Å². The highest BCUT2D eigenvalue weighted by molar-refractivity contribution is 7.99. The summed E-state index contributed by atoms with van der Waals surface area (Å²) in [6.45, 7) is 4.79. The van der Waals surface area contributed by atoms with Gasteiger partial charge in [0.2, 0.25) is 11.8 Å². The molecule has 6 heteroatoms. The van der Waals surface area contributed by atoms with Crippen molar-refractivity contribution in [2.24, 2.45) is 5.92 Å². The summed E-state index contributed by atoms with van der Waals surface area (Å²) in [7, 11) is 1.63. The second-order valence-electron chi connectivity index (χ2n) is 4.40. The number of rotatable bonds is 9. The van der Waals surface area contributed by atoms with E-state index in [1.165, 1.54) is 16.7 Å². The van der Waals surface area contributed by atoms with Crippen molar-refractivity contribution in [3.63, 3.8) is 0 Å². The van der Waals surface area contributed by atoms with Crippen LogP contribution in [-0.4, -0.2) is 60.1 Å². The Bertz CT molecular complexity index is 262. The third kappa shape index (κ3) is 8.36. The second kappa shape index (κ2) is 10.2. The van der Waals surface area contributed by atoms with Crippen molar-refractivity contribution < 1.29 is 14.7 Å². The van der Waals surface area contributed by atoms with E-state index in [0.717, 1.165) is 12.2 Å².